The predicted octanol–water partition coefficient (Wildman–Crippen LogP) is 3.35. The van der Waals surface area contributed by atoms with Gasteiger partial charge in [-0.25, -0.2) is 14.8 Å². The van der Waals surface area contributed by atoms with Gasteiger partial charge in [0.1, 0.15) is 23.5 Å². The predicted molar refractivity (Wildman–Crippen MR) is 110 cm³/mol. The van der Waals surface area contributed by atoms with E-state index in [4.69, 9.17) is 19.9 Å². The van der Waals surface area contributed by atoms with Gasteiger partial charge in [-0.15, -0.1) is 0 Å². The number of aromatic nitrogens is 2. The molecule has 0 atom stereocenters. The molecule has 0 saturated carbocycles. The highest BCUT2D eigenvalue weighted by atomic mass is 16.5. The van der Waals surface area contributed by atoms with Gasteiger partial charge in [-0.2, -0.15) is 0 Å². The van der Waals surface area contributed by atoms with Crippen LogP contribution in [-0.2, 0) is 4.74 Å². The fourth-order valence-corrected chi connectivity index (χ4v) is 2.63. The summed E-state index contributed by atoms with van der Waals surface area (Å²) in [6.45, 7) is 0. The largest absolute Gasteiger partial charge is 0.497 e. The van der Waals surface area contributed by atoms with Crippen LogP contribution < -0.4 is 25.8 Å². The van der Waals surface area contributed by atoms with E-state index in [1.165, 1.54) is 13.4 Å². The highest BCUT2D eigenvalue weighted by Crippen LogP contribution is 2.34. The van der Waals surface area contributed by atoms with Crippen LogP contribution in [0.2, 0.25) is 0 Å². The number of esters is 1. The smallest absolute Gasteiger partial charge is 0.339 e. The van der Waals surface area contributed by atoms with E-state index in [0.717, 1.165) is 0 Å². The SMILES string of the molecule is COC(=O)c1ccccc1Nc1ncnc(Nc2ccc(OC)cc2OC)c1N. The number of nitrogens with zero attached hydrogens (tertiary/aromatic N) is 2. The molecule has 0 bridgehead atoms. The van der Waals surface area contributed by atoms with Gasteiger partial charge in [0.2, 0.25) is 0 Å². The number of hydrogen-bond acceptors (Lipinski definition) is 9. The summed E-state index contributed by atoms with van der Waals surface area (Å²) >= 11 is 0. The van der Waals surface area contributed by atoms with Gasteiger partial charge >= 0.3 is 5.97 Å². The number of nitrogens with two attached hydrogens (primary N) is 1. The highest BCUT2D eigenvalue weighted by Gasteiger charge is 2.15. The Kier molecular flexibility index (Phi) is 5.98. The number of nitrogen functional groups attached to an aromatic ring is 1. The lowest BCUT2D eigenvalue weighted by molar-refractivity contribution is 0.0602. The summed E-state index contributed by atoms with van der Waals surface area (Å²) < 4.78 is 15.4. The van der Waals surface area contributed by atoms with E-state index >= 15 is 0 Å². The van der Waals surface area contributed by atoms with Gasteiger partial charge in [-0.1, -0.05) is 12.1 Å². The third-order valence-electron chi connectivity index (χ3n) is 4.13. The molecule has 9 nitrogen and oxygen atoms in total. The van der Waals surface area contributed by atoms with Crippen molar-refractivity contribution in [3.8, 4) is 11.5 Å². The molecule has 29 heavy (non-hydrogen) atoms. The molecule has 0 amide bonds. The normalized spacial score (nSPS) is 10.2. The number of para-hydroxylation sites is 1. The van der Waals surface area contributed by atoms with E-state index in [1.807, 2.05) is 0 Å². The van der Waals surface area contributed by atoms with Gasteiger partial charge in [0.15, 0.2) is 11.6 Å². The van der Waals surface area contributed by atoms with Crippen LogP contribution in [0.25, 0.3) is 0 Å². The third-order valence-corrected chi connectivity index (χ3v) is 4.13. The van der Waals surface area contributed by atoms with Crippen molar-refractivity contribution in [2.24, 2.45) is 0 Å². The van der Waals surface area contributed by atoms with E-state index in [1.54, 1.807) is 56.7 Å². The molecule has 0 fully saturated rings. The minimum atomic E-state index is -0.470. The van der Waals surface area contributed by atoms with Gasteiger partial charge in [0, 0.05) is 6.07 Å². The number of benzene rings is 2. The lowest BCUT2D eigenvalue weighted by Gasteiger charge is -2.16. The molecule has 1 aromatic heterocycles. The molecule has 2 aromatic carbocycles. The van der Waals surface area contributed by atoms with Crippen molar-refractivity contribution in [2.75, 3.05) is 37.7 Å². The van der Waals surface area contributed by atoms with Crippen LogP contribution >= 0.6 is 0 Å². The van der Waals surface area contributed by atoms with E-state index in [2.05, 4.69) is 20.6 Å². The number of hydrogen-bond donors (Lipinski definition) is 3. The summed E-state index contributed by atoms with van der Waals surface area (Å²) in [4.78, 5) is 20.4. The first kappa shape index (κ1) is 19.7. The molecule has 0 spiro atoms. The summed E-state index contributed by atoms with van der Waals surface area (Å²) in [5, 5.41) is 6.19. The second-order valence-electron chi connectivity index (χ2n) is 5.84. The molecule has 1 heterocycles. The van der Waals surface area contributed by atoms with Gasteiger partial charge in [0.25, 0.3) is 0 Å². The highest BCUT2D eigenvalue weighted by molar-refractivity contribution is 5.97. The number of carbonyl (C=O) groups excluding carboxylic acids is 1. The van der Waals surface area contributed by atoms with Gasteiger partial charge in [-0.05, 0) is 24.3 Å². The summed E-state index contributed by atoms with van der Waals surface area (Å²) in [6, 6.07) is 12.2. The van der Waals surface area contributed by atoms with Crippen molar-refractivity contribution in [1.82, 2.24) is 9.97 Å². The monoisotopic (exact) mass is 395 g/mol. The average Bonchev–Trinajstić information content (AvgIpc) is 2.76. The van der Waals surface area contributed by atoms with Crippen LogP contribution in [0.3, 0.4) is 0 Å². The van der Waals surface area contributed by atoms with E-state index in [0.29, 0.717) is 40.1 Å². The zero-order chi connectivity index (χ0) is 20.8. The quantitative estimate of drug-likeness (QED) is 0.517. The maximum Gasteiger partial charge on any atom is 0.339 e. The number of nitrogens with one attached hydrogen (secondary N) is 2. The van der Waals surface area contributed by atoms with Crippen LogP contribution in [-0.4, -0.2) is 37.3 Å². The van der Waals surface area contributed by atoms with Gasteiger partial charge < -0.3 is 30.6 Å². The molecule has 0 aliphatic carbocycles. The first-order valence-corrected chi connectivity index (χ1v) is 8.61. The zero-order valence-corrected chi connectivity index (χ0v) is 16.2. The Balaban J connectivity index is 1.91. The molecular formula is C20H21N5O4. The molecule has 3 aromatic rings. The second-order valence-corrected chi connectivity index (χ2v) is 5.84. The number of methoxy groups -OCH3 is 3. The Morgan fingerprint density at radius 2 is 1.62 bits per heavy atom. The minimum absolute atomic E-state index is 0.269. The van der Waals surface area contributed by atoms with Crippen LogP contribution in [0.5, 0.6) is 11.5 Å². The van der Waals surface area contributed by atoms with Crippen molar-refractivity contribution in [3.05, 3.63) is 54.4 Å². The molecule has 3 rings (SSSR count). The Bertz CT molecular complexity index is 1030. The Morgan fingerprint density at radius 3 is 2.28 bits per heavy atom. The van der Waals surface area contributed by atoms with Gasteiger partial charge in [0.05, 0.1) is 38.3 Å². The van der Waals surface area contributed by atoms with Crippen molar-refractivity contribution in [1.29, 1.82) is 0 Å². The summed E-state index contributed by atoms with van der Waals surface area (Å²) in [7, 11) is 4.46. The average molecular weight is 395 g/mol. The lowest BCUT2D eigenvalue weighted by atomic mass is 10.2. The molecule has 4 N–H and O–H groups in total. The molecule has 0 saturated heterocycles. The summed E-state index contributed by atoms with van der Waals surface area (Å²) in [5.74, 6) is 1.47. The molecule has 9 heteroatoms. The summed E-state index contributed by atoms with van der Waals surface area (Å²) in [6.07, 6.45) is 1.36. The maximum atomic E-state index is 12.0. The standard InChI is InChI=1S/C20H21N5O4/c1-27-12-8-9-15(16(10-12)28-2)25-19-17(21)18(22-11-23-19)24-14-7-5-4-6-13(14)20(26)29-3/h4-11H,21H2,1-3H3,(H2,22,23,24,25). The van der Waals surface area contributed by atoms with E-state index in [-0.39, 0.29) is 5.69 Å². The Labute approximate surface area is 167 Å². The first-order valence-electron chi connectivity index (χ1n) is 8.61. The van der Waals surface area contributed by atoms with Crippen LogP contribution in [0, 0.1) is 0 Å². The minimum Gasteiger partial charge on any atom is -0.497 e. The van der Waals surface area contributed by atoms with Crippen molar-refractivity contribution in [2.45, 2.75) is 0 Å². The fourth-order valence-electron chi connectivity index (χ4n) is 2.63. The topological polar surface area (TPSA) is 121 Å². The molecule has 0 radical (unpaired) electrons. The maximum absolute atomic E-state index is 12.0. The van der Waals surface area contributed by atoms with Crippen molar-refractivity contribution in [3.63, 3.8) is 0 Å². The number of rotatable bonds is 7. The number of carbonyl (C=O) groups is 1. The fraction of sp³-hybridized carbons (Fsp3) is 0.150. The summed E-state index contributed by atoms with van der Waals surface area (Å²) in [5.41, 5.74) is 8.05. The second kappa shape index (κ2) is 8.79. The van der Waals surface area contributed by atoms with Crippen LogP contribution in [0.15, 0.2) is 48.8 Å². The first-order chi connectivity index (χ1) is 14.1. The molecular weight excluding hydrogens is 374 g/mol. The molecule has 0 aliphatic rings. The lowest BCUT2D eigenvalue weighted by Crippen LogP contribution is -2.09. The zero-order valence-electron chi connectivity index (χ0n) is 16.2. The Hall–Kier alpha value is -4.01. The van der Waals surface area contributed by atoms with Crippen LogP contribution in [0.4, 0.5) is 28.7 Å². The van der Waals surface area contributed by atoms with Crippen molar-refractivity contribution >= 4 is 34.7 Å². The molecule has 0 aliphatic heterocycles. The van der Waals surface area contributed by atoms with Crippen molar-refractivity contribution < 1.29 is 19.0 Å². The van der Waals surface area contributed by atoms with Crippen LogP contribution in [0.1, 0.15) is 10.4 Å². The third kappa shape index (κ3) is 4.29. The Morgan fingerprint density at radius 1 is 0.931 bits per heavy atom. The molecule has 150 valence electrons. The number of anilines is 5. The van der Waals surface area contributed by atoms with Gasteiger partial charge in [-0.3, -0.25) is 0 Å². The molecule has 0 unspecified atom stereocenters. The number of ether oxygens (including phenoxy) is 3. The van der Waals surface area contributed by atoms with E-state index in [9.17, 15) is 4.79 Å². The van der Waals surface area contributed by atoms with E-state index < -0.39 is 5.97 Å².